The Morgan fingerprint density at radius 3 is 2.44 bits per heavy atom. The number of imide groups is 1. The maximum atomic E-state index is 12.9. The Morgan fingerprint density at radius 2 is 1.96 bits per heavy atom. The third kappa shape index (κ3) is 5.01. The van der Waals surface area contributed by atoms with Crippen molar-refractivity contribution in [2.24, 2.45) is 11.1 Å². The van der Waals surface area contributed by atoms with Gasteiger partial charge in [-0.3, -0.25) is 14.5 Å². The van der Waals surface area contributed by atoms with E-state index in [2.05, 4.69) is 5.32 Å². The molecule has 2 rings (SSSR count). The quantitative estimate of drug-likeness (QED) is 0.745. The van der Waals surface area contributed by atoms with Gasteiger partial charge in [0.05, 0.1) is 24.7 Å². The predicted molar refractivity (Wildman–Crippen MR) is 96.9 cm³/mol. The van der Waals surface area contributed by atoms with E-state index in [0.717, 1.165) is 5.56 Å². The number of halogens is 1. The second-order valence-corrected chi connectivity index (χ2v) is 8.02. The van der Waals surface area contributed by atoms with Crippen LogP contribution in [0.4, 0.5) is 0 Å². The molecule has 3 atom stereocenters. The van der Waals surface area contributed by atoms with E-state index < -0.39 is 29.5 Å². The summed E-state index contributed by atoms with van der Waals surface area (Å²) in [5.41, 5.74) is 6.41. The van der Waals surface area contributed by atoms with Crippen molar-refractivity contribution in [1.82, 2.24) is 10.2 Å². The van der Waals surface area contributed by atoms with Gasteiger partial charge in [0, 0.05) is 11.6 Å². The molecule has 2 amide bonds. The number of nitrogens with two attached hydrogens (primary N) is 1. The van der Waals surface area contributed by atoms with E-state index in [4.69, 9.17) is 17.3 Å². The van der Waals surface area contributed by atoms with Crippen molar-refractivity contribution >= 4 is 23.4 Å². The van der Waals surface area contributed by atoms with Gasteiger partial charge >= 0.3 is 0 Å². The number of aliphatic hydroxyl groups is 1. The van der Waals surface area contributed by atoms with E-state index in [-0.39, 0.29) is 18.9 Å². The van der Waals surface area contributed by atoms with Gasteiger partial charge in [0.25, 0.3) is 0 Å². The van der Waals surface area contributed by atoms with Gasteiger partial charge < -0.3 is 16.2 Å². The summed E-state index contributed by atoms with van der Waals surface area (Å²) < 4.78 is 0. The van der Waals surface area contributed by atoms with E-state index in [9.17, 15) is 14.7 Å². The highest BCUT2D eigenvalue weighted by Crippen LogP contribution is 2.22. The van der Waals surface area contributed by atoms with Crippen LogP contribution in [0, 0.1) is 5.41 Å². The first-order valence-corrected chi connectivity index (χ1v) is 8.74. The standard InChI is InChI=1S/C18H26ClN3O3/c1-18(2,3)15(20)17(25)22(10-11-4-6-12(19)7-5-11)16(24)14-8-13(23)9-21-14/h4-7,13-15,21,23H,8-10,20H2,1-3H3/t13-,14+,15-/m1/s1. The number of aliphatic hydroxyl groups excluding tert-OH is 1. The summed E-state index contributed by atoms with van der Waals surface area (Å²) in [5, 5.41) is 13.2. The summed E-state index contributed by atoms with van der Waals surface area (Å²) in [6.07, 6.45) is -0.300. The zero-order valence-electron chi connectivity index (χ0n) is 14.8. The van der Waals surface area contributed by atoms with Crippen LogP contribution < -0.4 is 11.1 Å². The van der Waals surface area contributed by atoms with Gasteiger partial charge in [-0.05, 0) is 29.5 Å². The summed E-state index contributed by atoms with van der Waals surface area (Å²) >= 11 is 5.90. The van der Waals surface area contributed by atoms with Crippen molar-refractivity contribution in [3.8, 4) is 0 Å². The predicted octanol–water partition coefficient (Wildman–Crippen LogP) is 1.29. The van der Waals surface area contributed by atoms with E-state index in [0.29, 0.717) is 11.6 Å². The van der Waals surface area contributed by atoms with Gasteiger partial charge in [0.15, 0.2) is 0 Å². The van der Waals surface area contributed by atoms with Gasteiger partial charge in [0.1, 0.15) is 0 Å². The van der Waals surface area contributed by atoms with Crippen LogP contribution in [0.5, 0.6) is 0 Å². The molecular weight excluding hydrogens is 342 g/mol. The first-order valence-electron chi connectivity index (χ1n) is 8.36. The Balaban J connectivity index is 2.25. The summed E-state index contributed by atoms with van der Waals surface area (Å²) in [7, 11) is 0. The molecule has 0 bridgehead atoms. The summed E-state index contributed by atoms with van der Waals surface area (Å²) in [6, 6.07) is 5.58. The third-order valence-corrected chi connectivity index (χ3v) is 4.64. The van der Waals surface area contributed by atoms with E-state index in [1.165, 1.54) is 4.90 Å². The molecule has 0 aromatic heterocycles. The van der Waals surface area contributed by atoms with Gasteiger partial charge in [-0.1, -0.05) is 44.5 Å². The van der Waals surface area contributed by atoms with Crippen LogP contribution in [0.15, 0.2) is 24.3 Å². The molecular formula is C18H26ClN3O3. The Labute approximate surface area is 153 Å². The topological polar surface area (TPSA) is 95.7 Å². The average Bonchev–Trinajstić information content (AvgIpc) is 2.98. The second kappa shape index (κ2) is 7.83. The normalized spacial score (nSPS) is 21.8. The first kappa shape index (κ1) is 19.8. The minimum absolute atomic E-state index is 0.118. The molecule has 1 aliphatic heterocycles. The highest BCUT2D eigenvalue weighted by Gasteiger charge is 2.38. The fourth-order valence-electron chi connectivity index (χ4n) is 2.67. The van der Waals surface area contributed by atoms with Crippen LogP contribution in [0.2, 0.25) is 5.02 Å². The number of hydrogen-bond donors (Lipinski definition) is 3. The number of amides is 2. The number of rotatable bonds is 4. The minimum Gasteiger partial charge on any atom is -0.392 e. The molecule has 0 saturated carbocycles. The molecule has 138 valence electrons. The minimum atomic E-state index is -0.810. The summed E-state index contributed by atoms with van der Waals surface area (Å²) in [5.74, 6) is -0.785. The Morgan fingerprint density at radius 1 is 1.36 bits per heavy atom. The van der Waals surface area contributed by atoms with Crippen molar-refractivity contribution < 1.29 is 14.7 Å². The Bertz CT molecular complexity index is 627. The van der Waals surface area contributed by atoms with Crippen molar-refractivity contribution in [2.75, 3.05) is 6.54 Å². The SMILES string of the molecule is CC(C)(C)[C@H](N)C(=O)N(Cc1ccc(Cl)cc1)C(=O)[C@@H]1C[C@@H](O)CN1. The highest BCUT2D eigenvalue weighted by molar-refractivity contribution is 6.30. The second-order valence-electron chi connectivity index (χ2n) is 7.58. The molecule has 1 aromatic carbocycles. The smallest absolute Gasteiger partial charge is 0.246 e. The molecule has 1 heterocycles. The average molecular weight is 368 g/mol. The largest absolute Gasteiger partial charge is 0.392 e. The van der Waals surface area contributed by atoms with Crippen LogP contribution in [-0.2, 0) is 16.1 Å². The summed E-state index contributed by atoms with van der Waals surface area (Å²) in [4.78, 5) is 27.0. The lowest BCUT2D eigenvalue weighted by Crippen LogP contribution is -2.55. The zero-order valence-corrected chi connectivity index (χ0v) is 15.6. The van der Waals surface area contributed by atoms with Crippen LogP contribution >= 0.6 is 11.6 Å². The first-order chi connectivity index (χ1) is 11.6. The number of nitrogens with zero attached hydrogens (tertiary/aromatic N) is 1. The van der Waals surface area contributed by atoms with Crippen LogP contribution in [0.3, 0.4) is 0 Å². The summed E-state index contributed by atoms with van der Waals surface area (Å²) in [6.45, 7) is 6.03. The zero-order chi connectivity index (χ0) is 18.8. The van der Waals surface area contributed by atoms with Crippen LogP contribution in [-0.4, -0.2) is 46.6 Å². The molecule has 1 aliphatic rings. The lowest BCUT2D eigenvalue weighted by molar-refractivity contribution is -0.149. The number of β-amino-alcohol motifs (C(OH)–C–C–N with tert-alkyl or cyclic N) is 1. The molecule has 1 fully saturated rings. The molecule has 0 spiro atoms. The van der Waals surface area contributed by atoms with E-state index in [1.54, 1.807) is 24.3 Å². The number of carbonyl (C=O) groups excluding carboxylic acids is 2. The molecule has 1 saturated heterocycles. The molecule has 0 aliphatic carbocycles. The maximum absolute atomic E-state index is 12.9. The monoisotopic (exact) mass is 367 g/mol. The van der Waals surface area contributed by atoms with Crippen molar-refractivity contribution in [3.63, 3.8) is 0 Å². The van der Waals surface area contributed by atoms with Crippen molar-refractivity contribution in [1.29, 1.82) is 0 Å². The van der Waals surface area contributed by atoms with Gasteiger partial charge in [-0.25, -0.2) is 0 Å². The number of nitrogens with one attached hydrogen (secondary N) is 1. The Hall–Kier alpha value is -1.47. The molecule has 7 heteroatoms. The molecule has 0 unspecified atom stereocenters. The molecule has 4 N–H and O–H groups in total. The van der Waals surface area contributed by atoms with Gasteiger partial charge in [0.2, 0.25) is 11.8 Å². The van der Waals surface area contributed by atoms with E-state index in [1.807, 2.05) is 20.8 Å². The maximum Gasteiger partial charge on any atom is 0.246 e. The lowest BCUT2D eigenvalue weighted by atomic mass is 9.86. The van der Waals surface area contributed by atoms with Crippen LogP contribution in [0.25, 0.3) is 0 Å². The fraction of sp³-hybridized carbons (Fsp3) is 0.556. The van der Waals surface area contributed by atoms with Crippen molar-refractivity contribution in [2.45, 2.75) is 51.9 Å². The molecule has 25 heavy (non-hydrogen) atoms. The molecule has 6 nitrogen and oxygen atoms in total. The highest BCUT2D eigenvalue weighted by atomic mass is 35.5. The van der Waals surface area contributed by atoms with Gasteiger partial charge in [-0.15, -0.1) is 0 Å². The third-order valence-electron chi connectivity index (χ3n) is 4.39. The molecule has 0 radical (unpaired) electrons. The molecule has 1 aromatic rings. The van der Waals surface area contributed by atoms with Crippen LogP contribution in [0.1, 0.15) is 32.8 Å². The van der Waals surface area contributed by atoms with E-state index >= 15 is 0 Å². The fourth-order valence-corrected chi connectivity index (χ4v) is 2.79. The number of carbonyl (C=O) groups is 2. The Kier molecular flexibility index (Phi) is 6.21. The number of hydrogen-bond acceptors (Lipinski definition) is 5. The van der Waals surface area contributed by atoms with Crippen molar-refractivity contribution in [3.05, 3.63) is 34.9 Å². The number of benzene rings is 1. The van der Waals surface area contributed by atoms with Gasteiger partial charge in [-0.2, -0.15) is 0 Å². The lowest BCUT2D eigenvalue weighted by Gasteiger charge is -2.32.